The van der Waals surface area contributed by atoms with Crippen LogP contribution in [0, 0.1) is 0 Å². The van der Waals surface area contributed by atoms with Crippen molar-refractivity contribution in [1.29, 1.82) is 0 Å². The Morgan fingerprint density at radius 2 is 2.33 bits per heavy atom. The molecule has 1 N–H and O–H groups in total. The minimum Gasteiger partial charge on any atom is -0.322 e. The lowest BCUT2D eigenvalue weighted by atomic mass is 9.99. The summed E-state index contributed by atoms with van der Waals surface area (Å²) < 4.78 is 1.01. The van der Waals surface area contributed by atoms with Crippen LogP contribution >= 0.6 is 39.0 Å². The first-order valence-electron chi connectivity index (χ1n) is 5.55. The molecule has 0 radical (unpaired) electrons. The van der Waals surface area contributed by atoms with Crippen LogP contribution in [0.4, 0.5) is 4.79 Å². The minimum atomic E-state index is -0.630. The fourth-order valence-electron chi connectivity index (χ4n) is 2.26. The quantitative estimate of drug-likeness (QED) is 0.836. The topological polar surface area (TPSA) is 49.4 Å². The van der Waals surface area contributed by atoms with Gasteiger partial charge in [0.2, 0.25) is 0 Å². The number of urea groups is 1. The predicted octanol–water partition coefficient (Wildman–Crippen LogP) is 2.44. The highest BCUT2D eigenvalue weighted by atomic mass is 79.9. The largest absolute Gasteiger partial charge is 0.325 e. The Morgan fingerprint density at radius 1 is 1.50 bits per heavy atom. The lowest BCUT2D eigenvalue weighted by molar-refractivity contribution is -0.130. The van der Waals surface area contributed by atoms with Crippen LogP contribution in [0.15, 0.2) is 15.2 Å². The summed E-state index contributed by atoms with van der Waals surface area (Å²) in [4.78, 5) is 25.6. The van der Waals surface area contributed by atoms with Crippen molar-refractivity contribution >= 4 is 51.0 Å². The Morgan fingerprint density at radius 3 is 2.94 bits per heavy atom. The number of amides is 3. The molecule has 0 saturated carbocycles. The first-order chi connectivity index (χ1) is 8.61. The Balaban J connectivity index is 1.80. The summed E-state index contributed by atoms with van der Waals surface area (Å²) in [7, 11) is 0. The molecular formula is C11H11BrN2O2S2. The monoisotopic (exact) mass is 346 g/mol. The van der Waals surface area contributed by atoms with Gasteiger partial charge in [-0.3, -0.25) is 9.69 Å². The van der Waals surface area contributed by atoms with E-state index in [1.54, 1.807) is 23.1 Å². The molecule has 2 aliphatic rings. The van der Waals surface area contributed by atoms with Gasteiger partial charge in [-0.1, -0.05) is 0 Å². The van der Waals surface area contributed by atoms with E-state index in [0.29, 0.717) is 12.3 Å². The van der Waals surface area contributed by atoms with Crippen molar-refractivity contribution < 1.29 is 9.59 Å². The van der Waals surface area contributed by atoms with Gasteiger partial charge in [-0.05, 0) is 45.1 Å². The normalized spacial score (nSPS) is 27.3. The fourth-order valence-corrected chi connectivity index (χ4v) is 4.79. The zero-order valence-corrected chi connectivity index (χ0v) is 12.7. The van der Waals surface area contributed by atoms with E-state index in [-0.39, 0.29) is 11.9 Å². The van der Waals surface area contributed by atoms with Gasteiger partial charge in [0.15, 0.2) is 0 Å². The predicted molar refractivity (Wildman–Crippen MR) is 75.8 cm³/mol. The maximum Gasteiger partial charge on any atom is 0.325 e. The Bertz CT molecular complexity index is 511. The van der Waals surface area contributed by atoms with Crippen molar-refractivity contribution in [3.05, 3.63) is 20.8 Å². The van der Waals surface area contributed by atoms with Gasteiger partial charge in [-0.15, -0.1) is 11.3 Å². The molecule has 0 bridgehead atoms. The van der Waals surface area contributed by atoms with E-state index in [4.69, 9.17) is 0 Å². The number of halogens is 1. The lowest BCUT2D eigenvalue weighted by Gasteiger charge is -2.18. The number of nitrogens with one attached hydrogen (secondary N) is 1. The lowest BCUT2D eigenvalue weighted by Crippen LogP contribution is -2.46. The maximum absolute atomic E-state index is 12.4. The zero-order chi connectivity index (χ0) is 12.8. The van der Waals surface area contributed by atoms with Crippen LogP contribution < -0.4 is 5.32 Å². The van der Waals surface area contributed by atoms with E-state index >= 15 is 0 Å². The first kappa shape index (κ1) is 12.5. The average molecular weight is 347 g/mol. The first-order valence-corrected chi connectivity index (χ1v) is 8.38. The Hall–Kier alpha value is -0.530. The molecule has 7 heteroatoms. The van der Waals surface area contributed by atoms with Gasteiger partial charge in [0.25, 0.3) is 5.91 Å². The van der Waals surface area contributed by atoms with Crippen molar-refractivity contribution in [3.63, 3.8) is 0 Å². The summed E-state index contributed by atoms with van der Waals surface area (Å²) in [6.07, 6.45) is 0.742. The van der Waals surface area contributed by atoms with Gasteiger partial charge in [0.1, 0.15) is 5.54 Å². The van der Waals surface area contributed by atoms with Gasteiger partial charge < -0.3 is 5.32 Å². The molecule has 0 aromatic carbocycles. The summed E-state index contributed by atoms with van der Waals surface area (Å²) in [5, 5.41) is 4.82. The van der Waals surface area contributed by atoms with E-state index in [2.05, 4.69) is 21.2 Å². The average Bonchev–Trinajstić information content (AvgIpc) is 2.99. The smallest absolute Gasteiger partial charge is 0.322 e. The molecule has 18 heavy (non-hydrogen) atoms. The van der Waals surface area contributed by atoms with Crippen LogP contribution in [0.25, 0.3) is 0 Å². The number of imide groups is 1. The number of carbonyl (C=O) groups is 2. The third kappa shape index (κ3) is 1.98. The Kier molecular flexibility index (Phi) is 3.15. The van der Waals surface area contributed by atoms with E-state index in [1.807, 2.05) is 11.4 Å². The highest BCUT2D eigenvalue weighted by Gasteiger charge is 2.52. The van der Waals surface area contributed by atoms with Crippen molar-refractivity contribution in [2.75, 3.05) is 11.5 Å². The van der Waals surface area contributed by atoms with Crippen molar-refractivity contribution in [3.8, 4) is 0 Å². The van der Waals surface area contributed by atoms with Crippen LogP contribution in [-0.2, 0) is 11.3 Å². The molecular weight excluding hydrogens is 336 g/mol. The number of thioether (sulfide) groups is 1. The van der Waals surface area contributed by atoms with E-state index < -0.39 is 5.54 Å². The SMILES string of the molecule is O=C1N[C@]2(CCSC2)C(=O)N1Cc1csc(Br)c1. The summed E-state index contributed by atoms with van der Waals surface area (Å²) in [6.45, 7) is 0.360. The molecule has 1 spiro atoms. The zero-order valence-electron chi connectivity index (χ0n) is 9.44. The van der Waals surface area contributed by atoms with Gasteiger partial charge in [0.05, 0.1) is 10.3 Å². The van der Waals surface area contributed by atoms with Crippen molar-refractivity contribution in [2.24, 2.45) is 0 Å². The molecule has 2 aliphatic heterocycles. The number of rotatable bonds is 2. The summed E-state index contributed by atoms with van der Waals surface area (Å²) in [5.41, 5.74) is 0.354. The summed E-state index contributed by atoms with van der Waals surface area (Å²) >= 11 is 6.66. The van der Waals surface area contributed by atoms with E-state index in [1.165, 1.54) is 4.90 Å². The van der Waals surface area contributed by atoms with Crippen LogP contribution in [0.3, 0.4) is 0 Å². The van der Waals surface area contributed by atoms with Gasteiger partial charge >= 0.3 is 6.03 Å². The Labute approximate surface area is 121 Å². The van der Waals surface area contributed by atoms with Gasteiger partial charge in [0, 0.05) is 5.75 Å². The third-order valence-corrected chi connectivity index (χ3v) is 5.97. The molecule has 3 heterocycles. The second kappa shape index (κ2) is 4.54. The van der Waals surface area contributed by atoms with Crippen LogP contribution in [0.1, 0.15) is 12.0 Å². The summed E-state index contributed by atoms with van der Waals surface area (Å²) in [6, 6.07) is 1.68. The molecule has 0 aliphatic carbocycles. The second-order valence-corrected chi connectivity index (χ2v) is 7.86. The molecule has 1 aromatic rings. The van der Waals surface area contributed by atoms with Crippen molar-refractivity contribution in [1.82, 2.24) is 10.2 Å². The van der Waals surface area contributed by atoms with E-state index in [9.17, 15) is 9.59 Å². The highest BCUT2D eigenvalue weighted by Crippen LogP contribution is 2.34. The van der Waals surface area contributed by atoms with Crippen LogP contribution in [-0.4, -0.2) is 33.9 Å². The molecule has 0 unspecified atom stereocenters. The second-order valence-electron chi connectivity index (χ2n) is 4.47. The highest BCUT2D eigenvalue weighted by molar-refractivity contribution is 9.11. The number of hydrogen-bond donors (Lipinski definition) is 1. The molecule has 3 amide bonds. The number of nitrogens with zero attached hydrogens (tertiary/aromatic N) is 1. The number of carbonyl (C=O) groups excluding carboxylic acids is 2. The van der Waals surface area contributed by atoms with Gasteiger partial charge in [-0.2, -0.15) is 11.8 Å². The summed E-state index contributed by atoms with van der Waals surface area (Å²) in [5.74, 6) is 1.56. The van der Waals surface area contributed by atoms with Gasteiger partial charge in [-0.25, -0.2) is 4.79 Å². The number of thiophene rings is 1. The molecule has 2 fully saturated rings. The molecule has 96 valence electrons. The molecule has 1 atom stereocenters. The van der Waals surface area contributed by atoms with E-state index in [0.717, 1.165) is 21.5 Å². The molecule has 3 rings (SSSR count). The van der Waals surface area contributed by atoms with Crippen LogP contribution in [0.5, 0.6) is 0 Å². The maximum atomic E-state index is 12.4. The fraction of sp³-hybridized carbons (Fsp3) is 0.455. The standard InChI is InChI=1S/C11H11BrN2O2S2/c12-8-3-7(5-18-8)4-14-9(15)11(13-10(14)16)1-2-17-6-11/h3,5H,1-2,4,6H2,(H,13,16)/t11-/m0/s1. The molecule has 1 aromatic heterocycles. The number of hydrogen-bond acceptors (Lipinski definition) is 4. The van der Waals surface area contributed by atoms with Crippen molar-refractivity contribution in [2.45, 2.75) is 18.5 Å². The van der Waals surface area contributed by atoms with Crippen LogP contribution in [0.2, 0.25) is 0 Å². The molecule has 4 nitrogen and oxygen atoms in total. The third-order valence-electron chi connectivity index (χ3n) is 3.23. The molecule has 2 saturated heterocycles. The minimum absolute atomic E-state index is 0.0696.